The highest BCUT2D eigenvalue weighted by atomic mass is 16.5. The summed E-state index contributed by atoms with van der Waals surface area (Å²) in [7, 11) is 0. The number of benzene rings is 2. The van der Waals surface area contributed by atoms with Gasteiger partial charge in [0.25, 0.3) is 5.91 Å². The van der Waals surface area contributed by atoms with E-state index in [1.54, 1.807) is 0 Å². The van der Waals surface area contributed by atoms with E-state index in [0.29, 0.717) is 0 Å². The van der Waals surface area contributed by atoms with Crippen molar-refractivity contribution in [2.24, 2.45) is 0 Å². The summed E-state index contributed by atoms with van der Waals surface area (Å²) in [5, 5.41) is 2.99. The van der Waals surface area contributed by atoms with E-state index < -0.39 is 0 Å². The largest absolute Gasteiger partial charge is 0.483 e. The summed E-state index contributed by atoms with van der Waals surface area (Å²) in [6.07, 6.45) is 1.87. The third-order valence-electron chi connectivity index (χ3n) is 3.82. The van der Waals surface area contributed by atoms with Crippen molar-refractivity contribution in [3.05, 3.63) is 65.2 Å². The highest BCUT2D eigenvalue weighted by molar-refractivity contribution is 5.77. The van der Waals surface area contributed by atoms with E-state index in [2.05, 4.69) is 17.4 Å². The molecule has 0 bridgehead atoms. The molecular weight excluding hydrogens is 286 g/mol. The predicted molar refractivity (Wildman–Crippen MR) is 93.8 cm³/mol. The Balaban J connectivity index is 1.74. The molecule has 0 heterocycles. The van der Waals surface area contributed by atoms with Gasteiger partial charge in [-0.25, -0.2) is 0 Å². The Bertz CT molecular complexity index is 637. The molecule has 1 N–H and O–H groups in total. The van der Waals surface area contributed by atoms with Crippen molar-refractivity contribution in [1.29, 1.82) is 0 Å². The van der Waals surface area contributed by atoms with E-state index >= 15 is 0 Å². The molecule has 0 radical (unpaired) electrons. The lowest BCUT2D eigenvalue weighted by Gasteiger charge is -2.15. The van der Waals surface area contributed by atoms with Crippen LogP contribution >= 0.6 is 0 Å². The molecule has 0 fully saturated rings. The van der Waals surface area contributed by atoms with Crippen LogP contribution in [-0.4, -0.2) is 18.6 Å². The fourth-order valence-corrected chi connectivity index (χ4v) is 2.42. The molecule has 0 saturated carbocycles. The van der Waals surface area contributed by atoms with Crippen molar-refractivity contribution in [1.82, 2.24) is 5.32 Å². The minimum atomic E-state index is -0.0773. The summed E-state index contributed by atoms with van der Waals surface area (Å²) in [5.74, 6) is 0.698. The number of nitrogens with one attached hydrogen (secondary N) is 1. The molecule has 2 aromatic rings. The summed E-state index contributed by atoms with van der Waals surface area (Å²) < 4.78 is 5.63. The first-order valence-corrected chi connectivity index (χ1v) is 8.08. The lowest BCUT2D eigenvalue weighted by atomic mass is 10.1. The van der Waals surface area contributed by atoms with Crippen molar-refractivity contribution in [3.8, 4) is 5.75 Å². The standard InChI is InChI=1S/C20H25NO2/c1-15-9-10-16(2)19(13-15)23-14-20(22)21-17(3)11-12-18-7-5-4-6-8-18/h4-10,13,17H,11-12,14H2,1-3H3,(H,21,22)/t17-/m0/s1. The molecule has 0 aliphatic rings. The van der Waals surface area contributed by atoms with Gasteiger partial charge in [-0.05, 0) is 56.4 Å². The van der Waals surface area contributed by atoms with Gasteiger partial charge in [-0.1, -0.05) is 42.5 Å². The average molecular weight is 311 g/mol. The van der Waals surface area contributed by atoms with Crippen LogP contribution in [-0.2, 0) is 11.2 Å². The molecule has 0 saturated heterocycles. The summed E-state index contributed by atoms with van der Waals surface area (Å²) >= 11 is 0. The fourth-order valence-electron chi connectivity index (χ4n) is 2.42. The minimum absolute atomic E-state index is 0.0555. The molecular formula is C20H25NO2. The van der Waals surface area contributed by atoms with E-state index in [4.69, 9.17) is 4.74 Å². The third kappa shape index (κ3) is 5.78. The van der Waals surface area contributed by atoms with Crippen LogP contribution in [0, 0.1) is 13.8 Å². The predicted octanol–water partition coefficient (Wildman–Crippen LogP) is 3.82. The zero-order valence-corrected chi connectivity index (χ0v) is 14.1. The third-order valence-corrected chi connectivity index (χ3v) is 3.82. The van der Waals surface area contributed by atoms with Crippen LogP contribution in [0.4, 0.5) is 0 Å². The quantitative estimate of drug-likeness (QED) is 0.844. The molecule has 3 nitrogen and oxygen atoms in total. The van der Waals surface area contributed by atoms with Crippen LogP contribution in [0.5, 0.6) is 5.75 Å². The Morgan fingerprint density at radius 1 is 1.13 bits per heavy atom. The molecule has 1 atom stereocenters. The summed E-state index contributed by atoms with van der Waals surface area (Å²) in [5.41, 5.74) is 3.46. The topological polar surface area (TPSA) is 38.3 Å². The van der Waals surface area contributed by atoms with E-state index in [1.165, 1.54) is 5.56 Å². The molecule has 122 valence electrons. The van der Waals surface area contributed by atoms with Crippen LogP contribution in [0.3, 0.4) is 0 Å². The van der Waals surface area contributed by atoms with Crippen LogP contribution in [0.25, 0.3) is 0 Å². The van der Waals surface area contributed by atoms with Crippen LogP contribution in [0.1, 0.15) is 30.0 Å². The van der Waals surface area contributed by atoms with Gasteiger partial charge in [0.2, 0.25) is 0 Å². The van der Waals surface area contributed by atoms with Gasteiger partial charge in [0.05, 0.1) is 0 Å². The summed E-state index contributed by atoms with van der Waals surface area (Å²) in [4.78, 5) is 12.0. The molecule has 0 spiro atoms. The maximum absolute atomic E-state index is 12.0. The minimum Gasteiger partial charge on any atom is -0.483 e. The van der Waals surface area contributed by atoms with E-state index in [-0.39, 0.29) is 18.6 Å². The molecule has 2 aromatic carbocycles. The van der Waals surface area contributed by atoms with Crippen molar-refractivity contribution in [2.75, 3.05) is 6.61 Å². The number of carbonyl (C=O) groups excluding carboxylic acids is 1. The lowest BCUT2D eigenvalue weighted by Crippen LogP contribution is -2.36. The zero-order valence-electron chi connectivity index (χ0n) is 14.1. The van der Waals surface area contributed by atoms with E-state index in [1.807, 2.05) is 57.2 Å². The van der Waals surface area contributed by atoms with Gasteiger partial charge in [-0.2, -0.15) is 0 Å². The summed E-state index contributed by atoms with van der Waals surface area (Å²) in [6.45, 7) is 6.08. The highest BCUT2D eigenvalue weighted by Crippen LogP contribution is 2.18. The Morgan fingerprint density at radius 2 is 1.87 bits per heavy atom. The van der Waals surface area contributed by atoms with E-state index in [9.17, 15) is 4.79 Å². The lowest BCUT2D eigenvalue weighted by molar-refractivity contribution is -0.123. The van der Waals surface area contributed by atoms with Crippen molar-refractivity contribution >= 4 is 5.91 Å². The van der Waals surface area contributed by atoms with Gasteiger partial charge < -0.3 is 10.1 Å². The normalized spacial score (nSPS) is 11.8. The Morgan fingerprint density at radius 3 is 2.61 bits per heavy atom. The van der Waals surface area contributed by atoms with Crippen molar-refractivity contribution in [2.45, 2.75) is 39.7 Å². The van der Waals surface area contributed by atoms with E-state index in [0.717, 1.165) is 29.7 Å². The molecule has 0 aromatic heterocycles. The molecule has 1 amide bonds. The molecule has 3 heteroatoms. The van der Waals surface area contributed by atoms with Gasteiger partial charge in [-0.3, -0.25) is 4.79 Å². The van der Waals surface area contributed by atoms with Gasteiger partial charge in [0.15, 0.2) is 6.61 Å². The van der Waals surface area contributed by atoms with Crippen LogP contribution in [0.15, 0.2) is 48.5 Å². The number of rotatable bonds is 7. The Labute approximate surface area is 138 Å². The molecule has 0 aliphatic carbocycles. The molecule has 0 unspecified atom stereocenters. The Kier molecular flexibility index (Phi) is 6.21. The molecule has 0 aliphatic heterocycles. The van der Waals surface area contributed by atoms with Gasteiger partial charge in [0.1, 0.15) is 5.75 Å². The van der Waals surface area contributed by atoms with Crippen LogP contribution < -0.4 is 10.1 Å². The van der Waals surface area contributed by atoms with Gasteiger partial charge >= 0.3 is 0 Å². The highest BCUT2D eigenvalue weighted by Gasteiger charge is 2.09. The first kappa shape index (κ1) is 17.1. The number of hydrogen-bond acceptors (Lipinski definition) is 2. The average Bonchev–Trinajstić information content (AvgIpc) is 2.55. The second kappa shape index (κ2) is 8.37. The maximum Gasteiger partial charge on any atom is 0.258 e. The Hall–Kier alpha value is -2.29. The first-order chi connectivity index (χ1) is 11.0. The monoisotopic (exact) mass is 311 g/mol. The van der Waals surface area contributed by atoms with Gasteiger partial charge in [-0.15, -0.1) is 0 Å². The number of carbonyl (C=O) groups is 1. The number of hydrogen-bond donors (Lipinski definition) is 1. The second-order valence-electron chi connectivity index (χ2n) is 6.05. The SMILES string of the molecule is Cc1ccc(C)c(OCC(=O)N[C@@H](C)CCc2ccccc2)c1. The number of ether oxygens (including phenoxy) is 1. The van der Waals surface area contributed by atoms with Gasteiger partial charge in [0, 0.05) is 6.04 Å². The fraction of sp³-hybridized carbons (Fsp3) is 0.350. The zero-order chi connectivity index (χ0) is 16.7. The first-order valence-electron chi connectivity index (χ1n) is 8.08. The summed E-state index contributed by atoms with van der Waals surface area (Å²) in [6, 6.07) is 16.4. The van der Waals surface area contributed by atoms with Crippen molar-refractivity contribution < 1.29 is 9.53 Å². The molecule has 23 heavy (non-hydrogen) atoms. The number of amides is 1. The van der Waals surface area contributed by atoms with Crippen molar-refractivity contribution in [3.63, 3.8) is 0 Å². The number of aryl methyl sites for hydroxylation is 3. The second-order valence-corrected chi connectivity index (χ2v) is 6.05. The van der Waals surface area contributed by atoms with Crippen LogP contribution in [0.2, 0.25) is 0 Å². The molecule has 2 rings (SSSR count). The maximum atomic E-state index is 12.0. The smallest absolute Gasteiger partial charge is 0.258 e.